The van der Waals surface area contributed by atoms with Crippen molar-refractivity contribution in [2.24, 2.45) is 10.7 Å². The monoisotopic (exact) mass is 469 g/mol. The van der Waals surface area contributed by atoms with Gasteiger partial charge in [0.1, 0.15) is 0 Å². The highest BCUT2D eigenvalue weighted by Crippen LogP contribution is 2.27. The summed E-state index contributed by atoms with van der Waals surface area (Å²) < 4.78 is 10.6. The maximum Gasteiger partial charge on any atom is 0.193 e. The lowest BCUT2D eigenvalue weighted by molar-refractivity contribution is 0.354. The minimum Gasteiger partial charge on any atom is -0.493 e. The molecule has 2 aromatic carbocycles. The van der Waals surface area contributed by atoms with Gasteiger partial charge < -0.3 is 20.5 Å². The van der Waals surface area contributed by atoms with E-state index in [-0.39, 0.29) is 24.0 Å². The summed E-state index contributed by atoms with van der Waals surface area (Å²) in [7, 11) is 3.26. The topological polar surface area (TPSA) is 68.9 Å². The third kappa shape index (κ3) is 6.40. The highest BCUT2D eigenvalue weighted by atomic mass is 127. The fourth-order valence-electron chi connectivity index (χ4n) is 2.50. The molecule has 6 heteroatoms. The Bertz CT molecular complexity index is 733. The molecule has 5 nitrogen and oxygen atoms in total. The van der Waals surface area contributed by atoms with E-state index in [1.165, 1.54) is 5.56 Å². The van der Waals surface area contributed by atoms with Gasteiger partial charge in [-0.2, -0.15) is 0 Å². The molecule has 0 aromatic heterocycles. The van der Waals surface area contributed by atoms with E-state index in [2.05, 4.69) is 36.3 Å². The Kier molecular flexibility index (Phi) is 9.26. The van der Waals surface area contributed by atoms with Crippen LogP contribution in [-0.2, 0) is 6.42 Å². The Morgan fingerprint density at radius 2 is 1.81 bits per heavy atom. The van der Waals surface area contributed by atoms with E-state index in [4.69, 9.17) is 15.2 Å². The highest BCUT2D eigenvalue weighted by molar-refractivity contribution is 14.0. The standard InChI is InChI=1S/C20H27N3O2.HI/c1-14(2)16-6-5-7-17(13-16)23-20(21)22-11-10-15-8-9-18(24-3)19(12-15)25-4;/h5-9,12-14H,10-11H2,1-4H3,(H3,21,22,23);1H. The first-order chi connectivity index (χ1) is 12.0. The van der Waals surface area contributed by atoms with Crippen molar-refractivity contribution >= 4 is 35.6 Å². The van der Waals surface area contributed by atoms with Gasteiger partial charge in [-0.15, -0.1) is 24.0 Å². The van der Waals surface area contributed by atoms with E-state index < -0.39 is 0 Å². The molecule has 0 saturated carbocycles. The molecule has 26 heavy (non-hydrogen) atoms. The van der Waals surface area contributed by atoms with E-state index in [0.29, 0.717) is 18.4 Å². The van der Waals surface area contributed by atoms with Gasteiger partial charge in [0, 0.05) is 12.2 Å². The summed E-state index contributed by atoms with van der Waals surface area (Å²) in [5, 5.41) is 3.15. The second kappa shape index (κ2) is 10.9. The first kappa shape index (κ1) is 22.1. The molecule has 0 amide bonds. The number of ether oxygens (including phenoxy) is 2. The highest BCUT2D eigenvalue weighted by Gasteiger charge is 2.04. The Morgan fingerprint density at radius 3 is 2.46 bits per heavy atom. The summed E-state index contributed by atoms with van der Waals surface area (Å²) in [6.45, 7) is 4.93. The predicted molar refractivity (Wildman–Crippen MR) is 119 cm³/mol. The molecule has 0 unspecified atom stereocenters. The van der Waals surface area contributed by atoms with Crippen LogP contribution in [0.1, 0.15) is 30.9 Å². The number of benzene rings is 2. The molecule has 0 saturated heterocycles. The third-order valence-corrected chi connectivity index (χ3v) is 3.96. The van der Waals surface area contributed by atoms with Crippen molar-refractivity contribution in [2.75, 3.05) is 26.1 Å². The van der Waals surface area contributed by atoms with Crippen molar-refractivity contribution in [1.29, 1.82) is 0 Å². The number of aliphatic imine (C=N–C) groups is 1. The Balaban J connectivity index is 0.00000338. The van der Waals surface area contributed by atoms with Gasteiger partial charge in [0.05, 0.1) is 14.2 Å². The van der Waals surface area contributed by atoms with Crippen LogP contribution in [-0.4, -0.2) is 26.7 Å². The average molecular weight is 469 g/mol. The lowest BCUT2D eigenvalue weighted by atomic mass is 10.0. The molecule has 0 atom stereocenters. The second-order valence-corrected chi connectivity index (χ2v) is 6.11. The maximum atomic E-state index is 5.99. The molecule has 0 spiro atoms. The number of hydrogen-bond donors (Lipinski definition) is 2. The predicted octanol–water partition coefficient (Wildman–Crippen LogP) is 4.41. The summed E-state index contributed by atoms with van der Waals surface area (Å²) in [6, 6.07) is 14.1. The van der Waals surface area contributed by atoms with Gasteiger partial charge in [-0.05, 0) is 47.7 Å². The van der Waals surface area contributed by atoms with Crippen molar-refractivity contribution in [3.05, 3.63) is 53.6 Å². The zero-order valence-electron chi connectivity index (χ0n) is 15.8. The number of anilines is 1. The van der Waals surface area contributed by atoms with Crippen LogP contribution in [0.25, 0.3) is 0 Å². The largest absolute Gasteiger partial charge is 0.493 e. The van der Waals surface area contributed by atoms with Crippen LogP contribution in [0, 0.1) is 0 Å². The van der Waals surface area contributed by atoms with Crippen LogP contribution in [0.15, 0.2) is 47.5 Å². The van der Waals surface area contributed by atoms with Crippen molar-refractivity contribution in [2.45, 2.75) is 26.2 Å². The Labute approximate surface area is 173 Å². The zero-order chi connectivity index (χ0) is 18.2. The summed E-state index contributed by atoms with van der Waals surface area (Å²) in [6.07, 6.45) is 0.773. The fourth-order valence-corrected chi connectivity index (χ4v) is 2.50. The number of methoxy groups -OCH3 is 2. The lowest BCUT2D eigenvalue weighted by Crippen LogP contribution is -2.23. The quantitative estimate of drug-likeness (QED) is 0.358. The Hall–Kier alpha value is -1.96. The first-order valence-electron chi connectivity index (χ1n) is 8.41. The van der Waals surface area contributed by atoms with E-state index in [9.17, 15) is 0 Å². The van der Waals surface area contributed by atoms with Gasteiger partial charge in [0.2, 0.25) is 0 Å². The minimum atomic E-state index is 0. The Morgan fingerprint density at radius 1 is 1.08 bits per heavy atom. The number of rotatable bonds is 7. The van der Waals surface area contributed by atoms with Gasteiger partial charge in [0.25, 0.3) is 0 Å². The van der Waals surface area contributed by atoms with Gasteiger partial charge in [-0.1, -0.05) is 32.0 Å². The number of nitrogens with zero attached hydrogens (tertiary/aromatic N) is 1. The van der Waals surface area contributed by atoms with Gasteiger partial charge >= 0.3 is 0 Å². The van der Waals surface area contributed by atoms with Crippen LogP contribution >= 0.6 is 24.0 Å². The molecule has 2 rings (SSSR count). The number of guanidine groups is 1. The lowest BCUT2D eigenvalue weighted by Gasteiger charge is -2.10. The van der Waals surface area contributed by atoms with Gasteiger partial charge in [-0.25, -0.2) is 0 Å². The zero-order valence-corrected chi connectivity index (χ0v) is 18.1. The molecule has 0 aliphatic heterocycles. The number of nitrogens with one attached hydrogen (secondary N) is 1. The van der Waals surface area contributed by atoms with Crippen LogP contribution in [0.3, 0.4) is 0 Å². The molecular formula is C20H28IN3O2. The third-order valence-electron chi connectivity index (χ3n) is 3.96. The molecular weight excluding hydrogens is 441 g/mol. The number of hydrogen-bond acceptors (Lipinski definition) is 3. The van der Waals surface area contributed by atoms with Gasteiger partial charge in [0.15, 0.2) is 17.5 Å². The van der Waals surface area contributed by atoms with Crippen LogP contribution in [0.2, 0.25) is 0 Å². The molecule has 142 valence electrons. The van der Waals surface area contributed by atoms with Crippen LogP contribution < -0.4 is 20.5 Å². The van der Waals surface area contributed by atoms with E-state index in [1.54, 1.807) is 14.2 Å². The van der Waals surface area contributed by atoms with E-state index in [1.807, 2.05) is 30.3 Å². The molecule has 0 radical (unpaired) electrons. The SMILES string of the molecule is COc1ccc(CCN=C(N)Nc2cccc(C(C)C)c2)cc1OC.I. The maximum absolute atomic E-state index is 5.99. The van der Waals surface area contributed by atoms with Crippen LogP contribution in [0.5, 0.6) is 11.5 Å². The average Bonchev–Trinajstić information content (AvgIpc) is 2.61. The molecule has 0 fully saturated rings. The van der Waals surface area contributed by atoms with Crippen molar-refractivity contribution in [1.82, 2.24) is 0 Å². The van der Waals surface area contributed by atoms with Crippen molar-refractivity contribution in [3.8, 4) is 11.5 Å². The number of nitrogens with two attached hydrogens (primary N) is 1. The normalized spacial score (nSPS) is 11.0. The molecule has 0 bridgehead atoms. The number of halogens is 1. The minimum absolute atomic E-state index is 0. The first-order valence-corrected chi connectivity index (χ1v) is 8.41. The summed E-state index contributed by atoms with van der Waals surface area (Å²) in [5.74, 6) is 2.34. The molecule has 0 aliphatic carbocycles. The molecule has 0 heterocycles. The molecule has 0 aliphatic rings. The van der Waals surface area contributed by atoms with Crippen molar-refractivity contribution in [3.63, 3.8) is 0 Å². The summed E-state index contributed by atoms with van der Waals surface area (Å²) in [4.78, 5) is 4.40. The molecule has 2 aromatic rings. The summed E-state index contributed by atoms with van der Waals surface area (Å²) >= 11 is 0. The molecule has 3 N–H and O–H groups in total. The van der Waals surface area contributed by atoms with E-state index in [0.717, 1.165) is 29.2 Å². The smallest absolute Gasteiger partial charge is 0.193 e. The summed E-state index contributed by atoms with van der Waals surface area (Å²) in [5.41, 5.74) is 9.34. The van der Waals surface area contributed by atoms with E-state index >= 15 is 0 Å². The second-order valence-electron chi connectivity index (χ2n) is 6.11. The van der Waals surface area contributed by atoms with Gasteiger partial charge in [-0.3, -0.25) is 4.99 Å². The van der Waals surface area contributed by atoms with Crippen LogP contribution in [0.4, 0.5) is 5.69 Å². The fraction of sp³-hybridized carbons (Fsp3) is 0.350. The van der Waals surface area contributed by atoms with Crippen molar-refractivity contribution < 1.29 is 9.47 Å².